The molecule has 6 heteroatoms. The third-order valence-electron chi connectivity index (χ3n) is 4.50. The van der Waals surface area contributed by atoms with Crippen molar-refractivity contribution >= 4 is 22.5 Å². The van der Waals surface area contributed by atoms with Crippen LogP contribution in [0.2, 0.25) is 0 Å². The predicted octanol–water partition coefficient (Wildman–Crippen LogP) is 2.23. The molecule has 1 aliphatic heterocycles. The Balaban J connectivity index is 1.51. The third kappa shape index (κ3) is 2.46. The Morgan fingerprint density at radius 1 is 1.04 bits per heavy atom. The fraction of sp³-hybridized carbons (Fsp3) is 0.222. The molecule has 0 atom stereocenters. The molecular weight excluding hydrogens is 304 g/mol. The number of nitrogens with zero attached hydrogens (tertiary/aromatic N) is 3. The van der Waals surface area contributed by atoms with Crippen molar-refractivity contribution in [3.8, 4) is 5.75 Å². The lowest BCUT2D eigenvalue weighted by Crippen LogP contribution is -2.48. The Morgan fingerprint density at radius 2 is 1.83 bits per heavy atom. The molecule has 2 heterocycles. The van der Waals surface area contributed by atoms with Crippen molar-refractivity contribution in [2.75, 3.05) is 31.1 Å². The van der Waals surface area contributed by atoms with E-state index >= 15 is 0 Å². The number of carbonyl (C=O) groups is 1. The highest BCUT2D eigenvalue weighted by Gasteiger charge is 2.24. The van der Waals surface area contributed by atoms with E-state index in [1.165, 1.54) is 0 Å². The van der Waals surface area contributed by atoms with Gasteiger partial charge in [0.15, 0.2) is 0 Å². The van der Waals surface area contributed by atoms with Crippen LogP contribution in [0.15, 0.2) is 48.7 Å². The fourth-order valence-electron chi connectivity index (χ4n) is 3.20. The minimum Gasteiger partial charge on any atom is -0.506 e. The summed E-state index contributed by atoms with van der Waals surface area (Å²) in [5.41, 5.74) is 2.26. The van der Waals surface area contributed by atoms with Crippen LogP contribution in [-0.4, -0.2) is 52.3 Å². The molecule has 122 valence electrons. The molecule has 6 nitrogen and oxygen atoms in total. The molecule has 2 N–H and O–H groups in total. The Kier molecular flexibility index (Phi) is 3.57. The molecule has 0 radical (unpaired) electrons. The number of hydrogen-bond donors (Lipinski definition) is 2. The van der Waals surface area contributed by atoms with Crippen LogP contribution in [0.3, 0.4) is 0 Å². The largest absolute Gasteiger partial charge is 0.506 e. The quantitative estimate of drug-likeness (QED) is 0.759. The van der Waals surface area contributed by atoms with Gasteiger partial charge in [0.2, 0.25) is 0 Å². The molecule has 1 aliphatic rings. The summed E-state index contributed by atoms with van der Waals surface area (Å²) in [5, 5.41) is 17.8. The van der Waals surface area contributed by atoms with Crippen LogP contribution in [0.1, 0.15) is 10.4 Å². The highest BCUT2D eigenvalue weighted by atomic mass is 16.3. The average molecular weight is 322 g/mol. The van der Waals surface area contributed by atoms with Crippen LogP contribution < -0.4 is 4.90 Å². The smallest absolute Gasteiger partial charge is 0.256 e. The Hall–Kier alpha value is -3.02. The highest BCUT2D eigenvalue weighted by molar-refractivity contribution is 6.05. The van der Waals surface area contributed by atoms with Crippen LogP contribution in [0.4, 0.5) is 5.69 Å². The number of fused-ring (bicyclic) bond motifs is 1. The summed E-state index contributed by atoms with van der Waals surface area (Å²) >= 11 is 0. The van der Waals surface area contributed by atoms with Crippen molar-refractivity contribution in [3.63, 3.8) is 0 Å². The van der Waals surface area contributed by atoms with Crippen molar-refractivity contribution in [1.82, 2.24) is 15.1 Å². The van der Waals surface area contributed by atoms with E-state index < -0.39 is 0 Å². The second kappa shape index (κ2) is 5.88. The Bertz CT molecular complexity index is 881. The number of anilines is 1. The van der Waals surface area contributed by atoms with Gasteiger partial charge in [-0.2, -0.15) is 5.10 Å². The van der Waals surface area contributed by atoms with Gasteiger partial charge in [-0.3, -0.25) is 9.89 Å². The third-order valence-corrected chi connectivity index (χ3v) is 4.50. The zero-order chi connectivity index (χ0) is 16.5. The number of rotatable bonds is 2. The van der Waals surface area contributed by atoms with Gasteiger partial charge in [-0.1, -0.05) is 24.3 Å². The molecule has 3 aromatic rings. The summed E-state index contributed by atoms with van der Waals surface area (Å²) in [4.78, 5) is 16.8. The summed E-state index contributed by atoms with van der Waals surface area (Å²) in [6, 6.07) is 13.0. The molecule has 1 saturated heterocycles. The van der Waals surface area contributed by atoms with E-state index in [0.29, 0.717) is 31.7 Å². The normalized spacial score (nSPS) is 15.0. The van der Waals surface area contributed by atoms with E-state index in [1.807, 2.05) is 41.3 Å². The number of phenolic OH excluding ortho intramolecular Hbond substituents is 1. The summed E-state index contributed by atoms with van der Waals surface area (Å²) in [7, 11) is 0. The minimum atomic E-state index is 0.0155. The molecule has 0 spiro atoms. The van der Waals surface area contributed by atoms with Crippen LogP contribution >= 0.6 is 0 Å². The van der Waals surface area contributed by atoms with Gasteiger partial charge in [-0.25, -0.2) is 0 Å². The minimum absolute atomic E-state index is 0.0155. The van der Waals surface area contributed by atoms with Crippen LogP contribution in [0.5, 0.6) is 5.75 Å². The summed E-state index contributed by atoms with van der Waals surface area (Å²) in [6.07, 6.45) is 1.72. The second-order valence-corrected chi connectivity index (χ2v) is 5.91. The van der Waals surface area contributed by atoms with Crippen molar-refractivity contribution in [3.05, 3.63) is 54.2 Å². The van der Waals surface area contributed by atoms with E-state index in [2.05, 4.69) is 15.1 Å². The average Bonchev–Trinajstić information content (AvgIpc) is 3.10. The van der Waals surface area contributed by atoms with Crippen molar-refractivity contribution in [2.24, 2.45) is 0 Å². The number of nitrogens with one attached hydrogen (secondary N) is 1. The second-order valence-electron chi connectivity index (χ2n) is 5.91. The lowest BCUT2D eigenvalue weighted by Gasteiger charge is -2.36. The fourth-order valence-corrected chi connectivity index (χ4v) is 3.20. The summed E-state index contributed by atoms with van der Waals surface area (Å²) < 4.78 is 0. The first kappa shape index (κ1) is 14.6. The van der Waals surface area contributed by atoms with Gasteiger partial charge in [0.25, 0.3) is 5.91 Å². The van der Waals surface area contributed by atoms with Crippen molar-refractivity contribution < 1.29 is 9.90 Å². The zero-order valence-corrected chi connectivity index (χ0v) is 13.1. The van der Waals surface area contributed by atoms with Gasteiger partial charge in [-0.05, 0) is 18.2 Å². The number of hydrogen-bond acceptors (Lipinski definition) is 4. The molecule has 4 rings (SSSR count). The van der Waals surface area contributed by atoms with Crippen LogP contribution in [0, 0.1) is 0 Å². The van der Waals surface area contributed by atoms with Crippen LogP contribution in [0.25, 0.3) is 10.9 Å². The number of amides is 1. The van der Waals surface area contributed by atoms with E-state index in [1.54, 1.807) is 12.3 Å². The number of para-hydroxylation sites is 3. The van der Waals surface area contributed by atoms with Gasteiger partial charge in [0.05, 0.1) is 23.0 Å². The number of H-pyrrole nitrogens is 1. The maximum Gasteiger partial charge on any atom is 0.256 e. The molecular formula is C18H18N4O2. The number of aromatic amines is 1. The van der Waals surface area contributed by atoms with Gasteiger partial charge in [-0.15, -0.1) is 0 Å². The van der Waals surface area contributed by atoms with E-state index in [9.17, 15) is 9.90 Å². The molecule has 0 aliphatic carbocycles. The molecule has 0 unspecified atom stereocenters. The highest BCUT2D eigenvalue weighted by Crippen LogP contribution is 2.27. The number of aromatic hydroxyl groups is 1. The first-order chi connectivity index (χ1) is 11.7. The van der Waals surface area contributed by atoms with Gasteiger partial charge in [0.1, 0.15) is 5.75 Å². The van der Waals surface area contributed by atoms with E-state index in [4.69, 9.17) is 0 Å². The molecule has 0 bridgehead atoms. The first-order valence-electron chi connectivity index (χ1n) is 7.98. The number of piperazine rings is 1. The summed E-state index contributed by atoms with van der Waals surface area (Å²) in [6.45, 7) is 2.64. The first-order valence-corrected chi connectivity index (χ1v) is 7.98. The number of benzene rings is 2. The van der Waals surface area contributed by atoms with E-state index in [-0.39, 0.29) is 11.7 Å². The van der Waals surface area contributed by atoms with Gasteiger partial charge in [0, 0.05) is 31.6 Å². The monoisotopic (exact) mass is 322 g/mol. The molecule has 0 saturated carbocycles. The standard InChI is InChI=1S/C18H18N4O2/c23-16-7-2-1-6-15(16)21-8-10-22(11-9-21)18(24)14-5-3-4-13-12-19-20-17(13)14/h1-7,12,23H,8-11H2,(H,19,20). The topological polar surface area (TPSA) is 72.5 Å². The number of carbonyl (C=O) groups excluding carboxylic acids is 1. The number of phenols is 1. The van der Waals surface area contributed by atoms with E-state index in [0.717, 1.165) is 16.6 Å². The molecule has 1 fully saturated rings. The molecule has 2 aromatic carbocycles. The zero-order valence-electron chi connectivity index (χ0n) is 13.1. The maximum atomic E-state index is 12.8. The maximum absolute atomic E-state index is 12.8. The molecule has 1 aromatic heterocycles. The van der Waals surface area contributed by atoms with Crippen molar-refractivity contribution in [1.29, 1.82) is 0 Å². The van der Waals surface area contributed by atoms with Crippen LogP contribution in [-0.2, 0) is 0 Å². The van der Waals surface area contributed by atoms with Gasteiger partial charge >= 0.3 is 0 Å². The molecule has 1 amide bonds. The Labute approximate surface area is 139 Å². The Morgan fingerprint density at radius 3 is 2.62 bits per heavy atom. The lowest BCUT2D eigenvalue weighted by atomic mass is 10.1. The molecule has 24 heavy (non-hydrogen) atoms. The van der Waals surface area contributed by atoms with Crippen molar-refractivity contribution in [2.45, 2.75) is 0 Å². The SMILES string of the molecule is O=C(c1cccc2cn[nH]c12)N1CCN(c2ccccc2O)CC1. The summed E-state index contributed by atoms with van der Waals surface area (Å²) in [5.74, 6) is 0.293. The lowest BCUT2D eigenvalue weighted by molar-refractivity contribution is 0.0748. The van der Waals surface area contributed by atoms with Gasteiger partial charge < -0.3 is 14.9 Å². The number of aromatic nitrogens is 2. The predicted molar refractivity (Wildman–Crippen MR) is 92.3 cm³/mol.